The van der Waals surface area contributed by atoms with Gasteiger partial charge in [0, 0.05) is 5.69 Å². The number of rotatable bonds is 6. The number of anilines is 2. The lowest BCUT2D eigenvalue weighted by molar-refractivity contribution is -0.114. The van der Waals surface area contributed by atoms with Gasteiger partial charge in [0.2, 0.25) is 15.9 Å². The SMILES string of the molecule is CCc1ccccc1NC(=O)CN(c1c(C)cc(C)cc1C)S(C)(=O)=O. The highest BCUT2D eigenvalue weighted by atomic mass is 32.2. The highest BCUT2D eigenvalue weighted by Gasteiger charge is 2.24. The molecular formula is C20H26N2O3S. The van der Waals surface area contributed by atoms with Crippen molar-refractivity contribution in [2.24, 2.45) is 0 Å². The highest BCUT2D eigenvalue weighted by molar-refractivity contribution is 7.92. The van der Waals surface area contributed by atoms with Gasteiger partial charge in [0.25, 0.3) is 0 Å². The molecule has 0 bridgehead atoms. The molecule has 0 unspecified atom stereocenters. The number of carbonyl (C=O) groups is 1. The zero-order chi connectivity index (χ0) is 19.5. The summed E-state index contributed by atoms with van der Waals surface area (Å²) in [5.74, 6) is -0.365. The number of hydrogen-bond acceptors (Lipinski definition) is 3. The number of aryl methyl sites for hydroxylation is 4. The molecule has 2 rings (SSSR count). The van der Waals surface area contributed by atoms with E-state index in [1.807, 2.05) is 64.1 Å². The summed E-state index contributed by atoms with van der Waals surface area (Å²) in [7, 11) is -3.61. The molecule has 0 fully saturated rings. The zero-order valence-electron chi connectivity index (χ0n) is 16.0. The van der Waals surface area contributed by atoms with Crippen LogP contribution in [-0.2, 0) is 21.2 Å². The fraction of sp³-hybridized carbons (Fsp3) is 0.350. The molecular weight excluding hydrogens is 348 g/mol. The molecule has 1 amide bonds. The number of carbonyl (C=O) groups excluding carboxylic acids is 1. The standard InChI is InChI=1S/C20H26N2O3S/c1-6-17-9-7-8-10-18(17)21-19(23)13-22(26(5,24)25)20-15(3)11-14(2)12-16(20)4/h7-12H,6,13H2,1-5H3,(H,21,23). The first kappa shape index (κ1) is 20.0. The molecule has 0 spiro atoms. The Labute approximate surface area is 156 Å². The van der Waals surface area contributed by atoms with Gasteiger partial charge in [-0.15, -0.1) is 0 Å². The third kappa shape index (κ3) is 4.64. The lowest BCUT2D eigenvalue weighted by atomic mass is 10.1. The van der Waals surface area contributed by atoms with Crippen molar-refractivity contribution in [1.29, 1.82) is 0 Å². The van der Waals surface area contributed by atoms with Crippen LogP contribution in [0.5, 0.6) is 0 Å². The van der Waals surface area contributed by atoms with E-state index in [1.165, 1.54) is 4.31 Å². The van der Waals surface area contributed by atoms with Crippen molar-refractivity contribution in [3.8, 4) is 0 Å². The minimum absolute atomic E-state index is 0.262. The predicted molar refractivity (Wildman–Crippen MR) is 107 cm³/mol. The van der Waals surface area contributed by atoms with E-state index in [-0.39, 0.29) is 12.5 Å². The molecule has 5 nitrogen and oxygen atoms in total. The van der Waals surface area contributed by atoms with E-state index in [4.69, 9.17) is 0 Å². The van der Waals surface area contributed by atoms with Crippen LogP contribution in [0, 0.1) is 20.8 Å². The van der Waals surface area contributed by atoms with Crippen LogP contribution >= 0.6 is 0 Å². The Hall–Kier alpha value is -2.34. The Morgan fingerprint density at radius 2 is 1.65 bits per heavy atom. The van der Waals surface area contributed by atoms with Crippen LogP contribution < -0.4 is 9.62 Å². The fourth-order valence-corrected chi connectivity index (χ4v) is 4.17. The monoisotopic (exact) mass is 374 g/mol. The van der Waals surface area contributed by atoms with E-state index < -0.39 is 10.0 Å². The van der Waals surface area contributed by atoms with Gasteiger partial charge in [-0.25, -0.2) is 8.42 Å². The van der Waals surface area contributed by atoms with Crippen LogP contribution in [-0.4, -0.2) is 27.1 Å². The van der Waals surface area contributed by atoms with Crippen LogP contribution in [0.3, 0.4) is 0 Å². The number of amides is 1. The molecule has 0 saturated carbocycles. The van der Waals surface area contributed by atoms with Crippen molar-refractivity contribution in [2.75, 3.05) is 22.4 Å². The highest BCUT2D eigenvalue weighted by Crippen LogP contribution is 2.28. The number of sulfonamides is 1. The van der Waals surface area contributed by atoms with Gasteiger partial charge in [-0.05, 0) is 49.9 Å². The van der Waals surface area contributed by atoms with Crippen molar-refractivity contribution in [1.82, 2.24) is 0 Å². The third-order valence-corrected chi connectivity index (χ3v) is 5.36. The molecule has 0 aromatic heterocycles. The minimum Gasteiger partial charge on any atom is -0.324 e. The molecule has 6 heteroatoms. The van der Waals surface area contributed by atoms with Gasteiger partial charge in [0.05, 0.1) is 11.9 Å². The first-order chi connectivity index (χ1) is 12.1. The fourth-order valence-electron chi connectivity index (χ4n) is 3.20. The second kappa shape index (κ2) is 7.91. The summed E-state index contributed by atoms with van der Waals surface area (Å²) in [4.78, 5) is 12.6. The topological polar surface area (TPSA) is 66.5 Å². The number of hydrogen-bond donors (Lipinski definition) is 1. The minimum atomic E-state index is -3.61. The Morgan fingerprint density at radius 1 is 1.08 bits per heavy atom. The maximum Gasteiger partial charge on any atom is 0.245 e. The summed E-state index contributed by atoms with van der Waals surface area (Å²) >= 11 is 0. The van der Waals surface area contributed by atoms with E-state index in [1.54, 1.807) is 0 Å². The predicted octanol–water partition coefficient (Wildman–Crippen LogP) is 3.58. The molecule has 0 aliphatic carbocycles. The average Bonchev–Trinajstić information content (AvgIpc) is 2.52. The van der Waals surface area contributed by atoms with Gasteiger partial charge < -0.3 is 5.32 Å². The summed E-state index contributed by atoms with van der Waals surface area (Å²) in [6.07, 6.45) is 1.90. The van der Waals surface area contributed by atoms with E-state index in [9.17, 15) is 13.2 Å². The number of benzene rings is 2. The van der Waals surface area contributed by atoms with Gasteiger partial charge in [0.15, 0.2) is 0 Å². The maximum atomic E-state index is 12.6. The summed E-state index contributed by atoms with van der Waals surface area (Å²) < 4.78 is 25.9. The molecule has 0 aliphatic rings. The molecule has 2 aromatic carbocycles. The Kier molecular flexibility index (Phi) is 6.08. The lowest BCUT2D eigenvalue weighted by Gasteiger charge is -2.26. The van der Waals surface area contributed by atoms with Gasteiger partial charge in [0.1, 0.15) is 6.54 Å². The first-order valence-corrected chi connectivity index (χ1v) is 10.4. The summed E-state index contributed by atoms with van der Waals surface area (Å²) in [5, 5.41) is 2.84. The quantitative estimate of drug-likeness (QED) is 0.840. The Morgan fingerprint density at radius 3 is 2.19 bits per heavy atom. The summed E-state index contributed by atoms with van der Waals surface area (Å²) in [6, 6.07) is 11.4. The van der Waals surface area contributed by atoms with E-state index in [0.717, 1.165) is 34.9 Å². The average molecular weight is 375 g/mol. The third-order valence-electron chi connectivity index (χ3n) is 4.24. The first-order valence-electron chi connectivity index (χ1n) is 8.56. The van der Waals surface area contributed by atoms with Crippen LogP contribution in [0.2, 0.25) is 0 Å². The lowest BCUT2D eigenvalue weighted by Crippen LogP contribution is -2.38. The molecule has 0 aliphatic heterocycles. The van der Waals surface area contributed by atoms with Crippen molar-refractivity contribution in [3.63, 3.8) is 0 Å². The van der Waals surface area contributed by atoms with Crippen LogP contribution in [0.1, 0.15) is 29.2 Å². The smallest absolute Gasteiger partial charge is 0.245 e. The Balaban J connectivity index is 2.34. The van der Waals surface area contributed by atoms with Gasteiger partial charge in [-0.1, -0.05) is 42.8 Å². The second-order valence-electron chi connectivity index (χ2n) is 6.58. The molecule has 26 heavy (non-hydrogen) atoms. The van der Waals surface area contributed by atoms with E-state index in [0.29, 0.717) is 11.4 Å². The molecule has 140 valence electrons. The number of nitrogens with one attached hydrogen (secondary N) is 1. The van der Waals surface area contributed by atoms with Gasteiger partial charge in [-0.3, -0.25) is 9.10 Å². The number of nitrogens with zero attached hydrogens (tertiary/aromatic N) is 1. The van der Waals surface area contributed by atoms with Crippen molar-refractivity contribution < 1.29 is 13.2 Å². The molecule has 1 N–H and O–H groups in total. The molecule has 0 saturated heterocycles. The van der Waals surface area contributed by atoms with Gasteiger partial charge in [-0.2, -0.15) is 0 Å². The van der Waals surface area contributed by atoms with Crippen LogP contribution in [0.25, 0.3) is 0 Å². The normalized spacial score (nSPS) is 11.3. The van der Waals surface area contributed by atoms with Gasteiger partial charge >= 0.3 is 0 Å². The van der Waals surface area contributed by atoms with E-state index >= 15 is 0 Å². The maximum absolute atomic E-state index is 12.6. The molecule has 0 atom stereocenters. The summed E-state index contributed by atoms with van der Waals surface area (Å²) in [5.41, 5.74) is 5.00. The van der Waals surface area contributed by atoms with Crippen LogP contribution in [0.4, 0.5) is 11.4 Å². The van der Waals surface area contributed by atoms with E-state index in [2.05, 4.69) is 5.32 Å². The molecule has 2 aromatic rings. The van der Waals surface area contributed by atoms with Crippen LogP contribution in [0.15, 0.2) is 36.4 Å². The zero-order valence-corrected chi connectivity index (χ0v) is 16.8. The van der Waals surface area contributed by atoms with Crippen molar-refractivity contribution >= 4 is 27.3 Å². The van der Waals surface area contributed by atoms with Crippen molar-refractivity contribution in [2.45, 2.75) is 34.1 Å². The second-order valence-corrected chi connectivity index (χ2v) is 8.48. The number of para-hydroxylation sites is 1. The largest absolute Gasteiger partial charge is 0.324 e. The molecule has 0 radical (unpaired) electrons. The Bertz CT molecular complexity index is 897. The van der Waals surface area contributed by atoms with Crippen molar-refractivity contribution in [3.05, 3.63) is 58.7 Å². The molecule has 0 heterocycles. The summed E-state index contributed by atoms with van der Waals surface area (Å²) in [6.45, 7) is 7.42.